The van der Waals surface area contributed by atoms with Crippen molar-refractivity contribution in [3.8, 4) is 0 Å². The molecule has 0 unspecified atom stereocenters. The highest BCUT2D eigenvalue weighted by atomic mass is 19.2. The third kappa shape index (κ3) is 3.26. The molecule has 0 spiro atoms. The summed E-state index contributed by atoms with van der Waals surface area (Å²) in [6, 6.07) is 0.348. The molecule has 0 aliphatic carbocycles. The topological polar surface area (TPSA) is 79.7 Å². The number of hydrogen-bond acceptors (Lipinski definition) is 4. The van der Waals surface area contributed by atoms with Gasteiger partial charge in [-0.15, -0.1) is 0 Å². The zero-order chi connectivity index (χ0) is 20.9. The number of hydrogen-bond donors (Lipinski definition) is 1. The number of anilines is 2. The van der Waals surface area contributed by atoms with E-state index >= 15 is 0 Å². The summed E-state index contributed by atoms with van der Waals surface area (Å²) in [6.45, 7) is 4.37. The fourth-order valence-corrected chi connectivity index (χ4v) is 3.53. The normalized spacial score (nSPS) is 21.2. The Morgan fingerprint density at radius 1 is 1.21 bits per heavy atom. The van der Waals surface area contributed by atoms with Crippen molar-refractivity contribution in [3.63, 3.8) is 0 Å². The highest BCUT2D eigenvalue weighted by Gasteiger charge is 2.37. The molecule has 11 heteroatoms. The lowest BCUT2D eigenvalue weighted by molar-refractivity contribution is 0.161. The van der Waals surface area contributed by atoms with Crippen LogP contribution in [-0.4, -0.2) is 45.5 Å². The summed E-state index contributed by atoms with van der Waals surface area (Å²) in [7, 11) is 0. The van der Waals surface area contributed by atoms with Gasteiger partial charge in [0.25, 0.3) is 0 Å². The Balaban J connectivity index is 1.57. The molecule has 1 saturated heterocycles. The Labute approximate surface area is 163 Å². The summed E-state index contributed by atoms with van der Waals surface area (Å²) in [5, 5.41) is 6.69. The van der Waals surface area contributed by atoms with E-state index in [0.29, 0.717) is 30.1 Å². The Kier molecular flexibility index (Phi) is 4.59. The number of carbonyl (C=O) groups is 2. The fourth-order valence-electron chi connectivity index (χ4n) is 3.53. The number of cyclic esters (lactones) is 1. The van der Waals surface area contributed by atoms with Crippen LogP contribution in [0.1, 0.15) is 19.5 Å². The minimum Gasteiger partial charge on any atom is -0.447 e. The van der Waals surface area contributed by atoms with Gasteiger partial charge in [-0.3, -0.25) is 9.58 Å². The minimum atomic E-state index is -1.60. The van der Waals surface area contributed by atoms with E-state index in [1.807, 2.05) is 6.92 Å². The number of nitrogens with zero attached hydrogens (tertiary/aromatic N) is 4. The molecule has 2 atom stereocenters. The van der Waals surface area contributed by atoms with E-state index < -0.39 is 29.6 Å². The van der Waals surface area contributed by atoms with Gasteiger partial charge in [-0.25, -0.2) is 22.8 Å². The molecular formula is C18H18F3N5O3. The highest BCUT2D eigenvalue weighted by molar-refractivity contribution is 5.92. The van der Waals surface area contributed by atoms with Crippen LogP contribution in [0, 0.1) is 17.5 Å². The van der Waals surface area contributed by atoms with Crippen molar-refractivity contribution in [1.82, 2.24) is 14.7 Å². The maximum absolute atomic E-state index is 13.4. The Hall–Kier alpha value is -3.24. The van der Waals surface area contributed by atoms with E-state index in [4.69, 9.17) is 4.74 Å². The van der Waals surface area contributed by atoms with E-state index in [9.17, 15) is 22.8 Å². The first kappa shape index (κ1) is 19.1. The van der Waals surface area contributed by atoms with Gasteiger partial charge >= 0.3 is 12.1 Å². The van der Waals surface area contributed by atoms with E-state index in [0.717, 1.165) is 0 Å². The number of carbonyl (C=O) groups excluding carboxylic acids is 2. The van der Waals surface area contributed by atoms with Crippen LogP contribution in [-0.2, 0) is 17.8 Å². The summed E-state index contributed by atoms with van der Waals surface area (Å²) in [5.41, 5.74) is 0.985. The van der Waals surface area contributed by atoms with Crippen LogP contribution in [0.4, 0.5) is 34.1 Å². The number of fused-ring (bicyclic) bond motifs is 1. The fraction of sp³-hybridized carbons (Fsp3) is 0.389. The predicted molar refractivity (Wildman–Crippen MR) is 95.9 cm³/mol. The van der Waals surface area contributed by atoms with Crippen LogP contribution in [0.25, 0.3) is 0 Å². The van der Waals surface area contributed by atoms with Gasteiger partial charge in [0.15, 0.2) is 17.5 Å². The third-order valence-electron chi connectivity index (χ3n) is 5.06. The average molecular weight is 409 g/mol. The zero-order valence-corrected chi connectivity index (χ0v) is 15.7. The zero-order valence-electron chi connectivity index (χ0n) is 15.7. The van der Waals surface area contributed by atoms with Crippen molar-refractivity contribution in [2.24, 2.45) is 0 Å². The van der Waals surface area contributed by atoms with Gasteiger partial charge in [0.05, 0.1) is 42.8 Å². The maximum atomic E-state index is 13.4. The molecule has 3 heterocycles. The van der Waals surface area contributed by atoms with Crippen molar-refractivity contribution in [1.29, 1.82) is 0 Å². The number of aromatic nitrogens is 2. The molecule has 1 aromatic heterocycles. The molecule has 1 N–H and O–H groups in total. The second kappa shape index (κ2) is 6.98. The summed E-state index contributed by atoms with van der Waals surface area (Å²) in [6.07, 6.45) is 1.07. The van der Waals surface area contributed by atoms with E-state index in [2.05, 4.69) is 10.4 Å². The monoisotopic (exact) mass is 409 g/mol. The van der Waals surface area contributed by atoms with E-state index in [-0.39, 0.29) is 30.9 Å². The van der Waals surface area contributed by atoms with Gasteiger partial charge in [0.2, 0.25) is 0 Å². The number of nitrogens with one attached hydrogen (secondary N) is 1. The quantitative estimate of drug-likeness (QED) is 0.774. The molecule has 0 bridgehead atoms. The smallest absolute Gasteiger partial charge is 0.414 e. The summed E-state index contributed by atoms with van der Waals surface area (Å²) in [5.74, 6) is -4.39. The first-order chi connectivity index (χ1) is 13.8. The van der Waals surface area contributed by atoms with Crippen molar-refractivity contribution < 1.29 is 27.5 Å². The lowest BCUT2D eigenvalue weighted by Gasteiger charge is -2.35. The van der Waals surface area contributed by atoms with Gasteiger partial charge in [0, 0.05) is 17.8 Å². The first-order valence-electron chi connectivity index (χ1n) is 8.99. The number of rotatable bonds is 2. The van der Waals surface area contributed by atoms with Crippen molar-refractivity contribution >= 4 is 23.5 Å². The second-order valence-electron chi connectivity index (χ2n) is 7.12. The molecule has 8 nitrogen and oxygen atoms in total. The van der Waals surface area contributed by atoms with Crippen molar-refractivity contribution in [2.45, 2.75) is 39.0 Å². The number of amides is 3. The number of halogens is 3. The Morgan fingerprint density at radius 3 is 2.52 bits per heavy atom. The van der Waals surface area contributed by atoms with Gasteiger partial charge in [-0.1, -0.05) is 0 Å². The highest BCUT2D eigenvalue weighted by Crippen LogP contribution is 2.31. The molecule has 0 saturated carbocycles. The van der Waals surface area contributed by atoms with Crippen LogP contribution in [0.2, 0.25) is 0 Å². The molecular weight excluding hydrogens is 391 g/mol. The molecule has 3 amide bonds. The second-order valence-corrected chi connectivity index (χ2v) is 7.12. The lowest BCUT2D eigenvalue weighted by atomic mass is 10.1. The minimum absolute atomic E-state index is 0.116. The van der Waals surface area contributed by atoms with Crippen LogP contribution >= 0.6 is 0 Å². The van der Waals surface area contributed by atoms with Gasteiger partial charge < -0.3 is 15.0 Å². The molecule has 1 aromatic carbocycles. The van der Waals surface area contributed by atoms with Crippen LogP contribution in [0.15, 0.2) is 18.3 Å². The van der Waals surface area contributed by atoms with Crippen molar-refractivity contribution in [2.75, 3.05) is 16.8 Å². The maximum Gasteiger partial charge on any atom is 0.414 e. The number of ether oxygens (including phenoxy) is 1. The number of urea groups is 1. The first-order valence-corrected chi connectivity index (χ1v) is 8.99. The van der Waals surface area contributed by atoms with Gasteiger partial charge in [-0.2, -0.15) is 5.10 Å². The predicted octanol–water partition coefficient (Wildman–Crippen LogP) is 3.08. The van der Waals surface area contributed by atoms with Gasteiger partial charge in [0.1, 0.15) is 6.61 Å². The molecule has 4 rings (SSSR count). The Bertz CT molecular complexity index is 972. The summed E-state index contributed by atoms with van der Waals surface area (Å²) < 4.78 is 46.7. The molecule has 0 radical (unpaired) electrons. The third-order valence-corrected chi connectivity index (χ3v) is 5.06. The van der Waals surface area contributed by atoms with Gasteiger partial charge in [-0.05, 0) is 13.8 Å². The van der Waals surface area contributed by atoms with E-state index in [1.54, 1.807) is 17.8 Å². The van der Waals surface area contributed by atoms with Crippen LogP contribution in [0.5, 0.6) is 0 Å². The standard InChI is InChI=1S/C18H18F3N5O3/c1-9-6-25-15(14(5-22-25)26-10(2)8-29-18(26)28)7-24(9)17(27)23-11-3-12(19)16(21)13(20)4-11/h3-5,9-10H,6-8H2,1-2H3,(H,23,27)/t9-,10+/m0/s1. The molecule has 1 fully saturated rings. The molecule has 29 heavy (non-hydrogen) atoms. The summed E-state index contributed by atoms with van der Waals surface area (Å²) >= 11 is 0. The molecule has 154 valence electrons. The lowest BCUT2D eigenvalue weighted by Crippen LogP contribution is -2.47. The average Bonchev–Trinajstić information content (AvgIpc) is 3.20. The molecule has 2 aromatic rings. The Morgan fingerprint density at radius 2 is 1.90 bits per heavy atom. The largest absolute Gasteiger partial charge is 0.447 e. The SMILES string of the molecule is C[C@@H]1COC(=O)N1c1cnn2c1CN(C(=O)Nc1cc(F)c(F)c(F)c1)[C@@H](C)C2. The van der Waals surface area contributed by atoms with Crippen LogP contribution in [0.3, 0.4) is 0 Å². The summed E-state index contributed by atoms with van der Waals surface area (Å²) in [4.78, 5) is 27.7. The number of benzene rings is 1. The molecule has 2 aliphatic rings. The molecule has 2 aliphatic heterocycles. The van der Waals surface area contributed by atoms with Crippen LogP contribution < -0.4 is 10.2 Å². The van der Waals surface area contributed by atoms with E-state index in [1.165, 1.54) is 9.80 Å². The van der Waals surface area contributed by atoms with Crippen molar-refractivity contribution in [3.05, 3.63) is 41.5 Å².